The molecule has 188 valence electrons. The number of fused-ring (bicyclic) bond motifs is 2. The van der Waals surface area contributed by atoms with Crippen molar-refractivity contribution in [3.8, 4) is 0 Å². The van der Waals surface area contributed by atoms with Gasteiger partial charge in [-0.15, -0.1) is 0 Å². The van der Waals surface area contributed by atoms with Crippen LogP contribution < -0.4 is 5.56 Å². The van der Waals surface area contributed by atoms with Gasteiger partial charge in [0.25, 0.3) is 11.5 Å². The molecule has 7 nitrogen and oxygen atoms in total. The van der Waals surface area contributed by atoms with Crippen LogP contribution in [-0.4, -0.2) is 57.1 Å². The molecule has 2 unspecified atom stereocenters. The standard InChI is InChI=1S/C29H28FN5O2/c1-18-5-4-6-22(31-18)17-34-13-20-15-35(16-21(20)14-34)29(37)25-11-19(9-10-26(25)30)12-27-23-7-2-3-8-24(23)28(36)33-32-27/h2-11,20-21H,12-17H2,1H3,(H,33,36). The summed E-state index contributed by atoms with van der Waals surface area (Å²) in [6, 6.07) is 18.0. The van der Waals surface area contributed by atoms with Crippen molar-refractivity contribution in [2.24, 2.45) is 11.8 Å². The molecule has 6 rings (SSSR count). The van der Waals surface area contributed by atoms with Crippen LogP contribution in [0.4, 0.5) is 4.39 Å². The summed E-state index contributed by atoms with van der Waals surface area (Å²) in [6.45, 7) is 5.91. The van der Waals surface area contributed by atoms with E-state index in [1.807, 2.05) is 31.2 Å². The normalized spacial score (nSPS) is 19.5. The van der Waals surface area contributed by atoms with Gasteiger partial charge in [0, 0.05) is 50.2 Å². The number of carbonyl (C=O) groups excluding carboxylic acids is 1. The summed E-state index contributed by atoms with van der Waals surface area (Å²) in [5.74, 6) is -0.00870. The van der Waals surface area contributed by atoms with Gasteiger partial charge in [-0.1, -0.05) is 30.3 Å². The zero-order valence-electron chi connectivity index (χ0n) is 20.7. The van der Waals surface area contributed by atoms with Gasteiger partial charge in [-0.3, -0.25) is 19.5 Å². The second kappa shape index (κ2) is 9.52. The quantitative estimate of drug-likeness (QED) is 0.456. The Morgan fingerprint density at radius 3 is 2.51 bits per heavy atom. The fourth-order valence-corrected chi connectivity index (χ4v) is 5.82. The molecule has 0 radical (unpaired) electrons. The number of aromatic nitrogens is 3. The smallest absolute Gasteiger partial charge is 0.272 e. The first-order valence-electron chi connectivity index (χ1n) is 12.6. The molecule has 0 bridgehead atoms. The highest BCUT2D eigenvalue weighted by Crippen LogP contribution is 2.33. The van der Waals surface area contributed by atoms with E-state index in [1.165, 1.54) is 6.07 Å². The summed E-state index contributed by atoms with van der Waals surface area (Å²) in [5, 5.41) is 8.07. The van der Waals surface area contributed by atoms with Gasteiger partial charge < -0.3 is 4.90 Å². The fraction of sp³-hybridized carbons (Fsp3) is 0.310. The van der Waals surface area contributed by atoms with E-state index in [4.69, 9.17) is 0 Å². The van der Waals surface area contributed by atoms with Crippen LogP contribution in [0.2, 0.25) is 0 Å². The zero-order valence-corrected chi connectivity index (χ0v) is 20.7. The van der Waals surface area contributed by atoms with E-state index in [-0.39, 0.29) is 17.0 Å². The van der Waals surface area contributed by atoms with E-state index in [9.17, 15) is 14.0 Å². The number of likely N-dealkylation sites (tertiary alicyclic amines) is 2. The number of pyridine rings is 1. The molecule has 8 heteroatoms. The van der Waals surface area contributed by atoms with E-state index in [1.54, 1.807) is 29.2 Å². The molecule has 2 aliphatic rings. The lowest BCUT2D eigenvalue weighted by Gasteiger charge is -2.22. The number of nitrogens with one attached hydrogen (secondary N) is 1. The van der Waals surface area contributed by atoms with Crippen molar-refractivity contribution in [2.45, 2.75) is 19.9 Å². The van der Waals surface area contributed by atoms with Crippen LogP contribution in [-0.2, 0) is 13.0 Å². The van der Waals surface area contributed by atoms with Gasteiger partial charge in [0.15, 0.2) is 0 Å². The average molecular weight is 498 g/mol. The number of rotatable bonds is 5. The lowest BCUT2D eigenvalue weighted by atomic mass is 10.0. The van der Waals surface area contributed by atoms with E-state index in [0.29, 0.717) is 42.4 Å². The van der Waals surface area contributed by atoms with Gasteiger partial charge in [-0.25, -0.2) is 9.49 Å². The Hall–Kier alpha value is -3.91. The number of amides is 1. The summed E-state index contributed by atoms with van der Waals surface area (Å²) in [7, 11) is 0. The molecule has 0 saturated carbocycles. The number of nitrogens with zero attached hydrogens (tertiary/aromatic N) is 4. The molecule has 0 aliphatic carbocycles. The third kappa shape index (κ3) is 4.64. The first kappa shape index (κ1) is 23.5. The second-order valence-corrected chi connectivity index (χ2v) is 10.2. The van der Waals surface area contributed by atoms with Crippen LogP contribution in [0.3, 0.4) is 0 Å². The number of hydrogen-bond donors (Lipinski definition) is 1. The first-order chi connectivity index (χ1) is 17.9. The Balaban J connectivity index is 1.15. The second-order valence-electron chi connectivity index (χ2n) is 10.2. The predicted molar refractivity (Wildman–Crippen MR) is 139 cm³/mol. The summed E-state index contributed by atoms with van der Waals surface area (Å²) in [6.07, 6.45) is 0.380. The van der Waals surface area contributed by atoms with Crippen LogP contribution in [0, 0.1) is 24.6 Å². The molecule has 2 aliphatic heterocycles. The summed E-state index contributed by atoms with van der Waals surface area (Å²) >= 11 is 0. The minimum absolute atomic E-state index is 0.0898. The van der Waals surface area contributed by atoms with E-state index in [2.05, 4.69) is 26.1 Å². The largest absolute Gasteiger partial charge is 0.338 e. The summed E-state index contributed by atoms with van der Waals surface area (Å²) in [4.78, 5) is 34.3. The van der Waals surface area contributed by atoms with Crippen LogP contribution in [0.25, 0.3) is 10.8 Å². The molecule has 2 saturated heterocycles. The van der Waals surface area contributed by atoms with Crippen molar-refractivity contribution in [1.29, 1.82) is 0 Å². The molecule has 0 spiro atoms. The van der Waals surface area contributed by atoms with Gasteiger partial charge >= 0.3 is 0 Å². The molecule has 2 aromatic heterocycles. The average Bonchev–Trinajstić information content (AvgIpc) is 3.45. The van der Waals surface area contributed by atoms with Crippen molar-refractivity contribution in [2.75, 3.05) is 26.2 Å². The SMILES string of the molecule is Cc1cccc(CN2CC3CN(C(=O)c4cc(Cc5n[nH]c(=O)c6ccccc56)ccc4F)CC3C2)n1. The van der Waals surface area contributed by atoms with Crippen LogP contribution in [0.1, 0.15) is 33.0 Å². The Morgan fingerprint density at radius 2 is 1.76 bits per heavy atom. The van der Waals surface area contributed by atoms with Crippen LogP contribution in [0.15, 0.2) is 65.5 Å². The zero-order chi connectivity index (χ0) is 25.5. The highest BCUT2D eigenvalue weighted by molar-refractivity contribution is 5.95. The minimum atomic E-state index is -0.516. The lowest BCUT2D eigenvalue weighted by Crippen LogP contribution is -2.33. The maximum absolute atomic E-state index is 14.8. The fourth-order valence-electron chi connectivity index (χ4n) is 5.82. The van der Waals surface area contributed by atoms with Gasteiger partial charge in [0.05, 0.1) is 22.3 Å². The van der Waals surface area contributed by atoms with E-state index >= 15 is 0 Å². The molecular formula is C29H28FN5O2. The monoisotopic (exact) mass is 497 g/mol. The molecular weight excluding hydrogens is 469 g/mol. The van der Waals surface area contributed by atoms with E-state index in [0.717, 1.165) is 42.0 Å². The lowest BCUT2D eigenvalue weighted by molar-refractivity contribution is 0.0768. The number of hydrogen-bond acceptors (Lipinski definition) is 5. The van der Waals surface area contributed by atoms with Crippen molar-refractivity contribution in [3.63, 3.8) is 0 Å². The van der Waals surface area contributed by atoms with Gasteiger partial charge in [0.1, 0.15) is 5.82 Å². The molecule has 37 heavy (non-hydrogen) atoms. The third-order valence-corrected chi connectivity index (χ3v) is 7.59. The number of aryl methyl sites for hydroxylation is 1. The van der Waals surface area contributed by atoms with Crippen molar-refractivity contribution < 1.29 is 9.18 Å². The molecule has 1 amide bonds. The van der Waals surface area contributed by atoms with Gasteiger partial charge in [-0.2, -0.15) is 5.10 Å². The maximum atomic E-state index is 14.8. The summed E-state index contributed by atoms with van der Waals surface area (Å²) in [5.41, 5.74) is 3.37. The molecule has 2 atom stereocenters. The van der Waals surface area contributed by atoms with Crippen LogP contribution in [0.5, 0.6) is 0 Å². The Morgan fingerprint density at radius 1 is 1.00 bits per heavy atom. The molecule has 4 heterocycles. The van der Waals surface area contributed by atoms with E-state index < -0.39 is 5.82 Å². The third-order valence-electron chi connectivity index (χ3n) is 7.59. The predicted octanol–water partition coefficient (Wildman–Crippen LogP) is 3.56. The first-order valence-corrected chi connectivity index (χ1v) is 12.6. The highest BCUT2D eigenvalue weighted by Gasteiger charge is 2.42. The van der Waals surface area contributed by atoms with Crippen molar-refractivity contribution in [3.05, 3.63) is 105 Å². The Labute approximate surface area is 214 Å². The van der Waals surface area contributed by atoms with Crippen molar-refractivity contribution >= 4 is 16.7 Å². The van der Waals surface area contributed by atoms with Gasteiger partial charge in [0.2, 0.25) is 0 Å². The summed E-state index contributed by atoms with van der Waals surface area (Å²) < 4.78 is 14.8. The maximum Gasteiger partial charge on any atom is 0.272 e. The minimum Gasteiger partial charge on any atom is -0.338 e. The number of aromatic amines is 1. The highest BCUT2D eigenvalue weighted by atomic mass is 19.1. The number of benzene rings is 2. The number of H-pyrrole nitrogens is 1. The molecule has 2 fully saturated rings. The van der Waals surface area contributed by atoms with Gasteiger partial charge in [-0.05, 0) is 54.7 Å². The van der Waals surface area contributed by atoms with Crippen LogP contribution >= 0.6 is 0 Å². The number of halogens is 1. The molecule has 2 aromatic carbocycles. The van der Waals surface area contributed by atoms with Crippen molar-refractivity contribution in [1.82, 2.24) is 25.0 Å². The topological polar surface area (TPSA) is 82.2 Å². The molecule has 4 aromatic rings. The Bertz CT molecular complexity index is 1540. The molecule has 1 N–H and O–H groups in total. The number of carbonyl (C=O) groups is 1. The Kier molecular flexibility index (Phi) is 6.04.